The Morgan fingerprint density at radius 3 is 2.37 bits per heavy atom. The fourth-order valence-electron chi connectivity index (χ4n) is 3.14. The number of halogens is 3. The van der Waals surface area contributed by atoms with Gasteiger partial charge in [0.05, 0.1) is 18.3 Å². The number of rotatable bonds is 3. The van der Waals surface area contributed by atoms with Crippen LogP contribution >= 0.6 is 0 Å². The third kappa shape index (κ3) is 7.85. The van der Waals surface area contributed by atoms with E-state index < -0.39 is 41.5 Å². The molecule has 3 atom stereocenters. The van der Waals surface area contributed by atoms with Crippen molar-refractivity contribution in [3.05, 3.63) is 35.4 Å². The first kappa shape index (κ1) is 24.0. The van der Waals surface area contributed by atoms with Crippen molar-refractivity contribution in [2.75, 3.05) is 13.2 Å². The highest BCUT2D eigenvalue weighted by molar-refractivity contribution is 5.81. The second kappa shape index (κ2) is 9.68. The summed E-state index contributed by atoms with van der Waals surface area (Å²) in [5.41, 5.74) is -0.680. The number of alkyl carbamates (subject to hydrolysis) is 1. The summed E-state index contributed by atoms with van der Waals surface area (Å²) in [6.07, 6.45) is -4.61. The fourth-order valence-corrected chi connectivity index (χ4v) is 3.14. The number of esters is 1. The number of alkyl halides is 3. The molecular formula is C21H28F3NO5. The van der Waals surface area contributed by atoms with Gasteiger partial charge in [0.2, 0.25) is 0 Å². The number of cyclic esters (lactones) is 1. The Morgan fingerprint density at radius 1 is 1.17 bits per heavy atom. The molecule has 9 heteroatoms. The van der Waals surface area contributed by atoms with E-state index in [9.17, 15) is 22.8 Å². The van der Waals surface area contributed by atoms with Crippen LogP contribution < -0.4 is 5.32 Å². The second-order valence-electron chi connectivity index (χ2n) is 8.48. The SMILES string of the molecule is CC1CC(Cc2ccc(C(F)(F)F)cc2)COC[C@H](NC(=O)OC(C)(C)C)C(=O)O1. The lowest BCUT2D eigenvalue weighted by Crippen LogP contribution is -2.47. The molecule has 0 radical (unpaired) electrons. The van der Waals surface area contributed by atoms with E-state index in [1.165, 1.54) is 12.1 Å². The number of hydrogen-bond donors (Lipinski definition) is 1. The molecule has 1 aliphatic rings. The quantitative estimate of drug-likeness (QED) is 0.730. The minimum Gasteiger partial charge on any atom is -0.461 e. The predicted molar refractivity (Wildman–Crippen MR) is 103 cm³/mol. The van der Waals surface area contributed by atoms with Gasteiger partial charge in [-0.05, 0) is 64.2 Å². The Balaban J connectivity index is 1.98. The molecule has 1 aromatic rings. The van der Waals surface area contributed by atoms with E-state index in [0.29, 0.717) is 12.8 Å². The summed E-state index contributed by atoms with van der Waals surface area (Å²) >= 11 is 0. The van der Waals surface area contributed by atoms with Crippen LogP contribution in [0.5, 0.6) is 0 Å². The number of amides is 1. The Labute approximate surface area is 174 Å². The monoisotopic (exact) mass is 431 g/mol. The van der Waals surface area contributed by atoms with Crippen LogP contribution in [0.3, 0.4) is 0 Å². The first-order valence-electron chi connectivity index (χ1n) is 9.77. The number of nitrogens with one attached hydrogen (secondary N) is 1. The number of ether oxygens (including phenoxy) is 3. The minimum absolute atomic E-state index is 0.0650. The second-order valence-corrected chi connectivity index (χ2v) is 8.48. The predicted octanol–water partition coefficient (Wildman–Crippen LogP) is 4.11. The van der Waals surface area contributed by atoms with Crippen LogP contribution in [0.15, 0.2) is 24.3 Å². The zero-order valence-electron chi connectivity index (χ0n) is 17.5. The maximum atomic E-state index is 12.7. The third-order valence-corrected chi connectivity index (χ3v) is 4.40. The first-order chi connectivity index (χ1) is 13.8. The Kier molecular flexibility index (Phi) is 7.74. The van der Waals surface area contributed by atoms with Crippen molar-refractivity contribution in [2.24, 2.45) is 5.92 Å². The van der Waals surface area contributed by atoms with Crippen molar-refractivity contribution in [1.29, 1.82) is 0 Å². The van der Waals surface area contributed by atoms with Gasteiger partial charge in [0, 0.05) is 6.61 Å². The Bertz CT molecular complexity index is 728. The van der Waals surface area contributed by atoms with Crippen molar-refractivity contribution in [2.45, 2.75) is 64.5 Å². The first-order valence-corrected chi connectivity index (χ1v) is 9.77. The highest BCUT2D eigenvalue weighted by Crippen LogP contribution is 2.29. The van der Waals surface area contributed by atoms with Crippen molar-refractivity contribution in [1.82, 2.24) is 5.32 Å². The van der Waals surface area contributed by atoms with Crippen molar-refractivity contribution < 1.29 is 37.0 Å². The Morgan fingerprint density at radius 2 is 1.80 bits per heavy atom. The van der Waals surface area contributed by atoms with Crippen LogP contribution in [0.25, 0.3) is 0 Å². The summed E-state index contributed by atoms with van der Waals surface area (Å²) in [4.78, 5) is 24.3. The standard InChI is InChI=1S/C21H28F3NO5/c1-13-9-15(10-14-5-7-16(8-6-14)21(22,23)24)11-28-12-17(18(26)29-13)25-19(27)30-20(2,3)4/h5-8,13,15,17H,9-12H2,1-4H3,(H,25,27)/t13?,15?,17-/m0/s1. The lowest BCUT2D eigenvalue weighted by atomic mass is 9.94. The molecule has 1 amide bonds. The van der Waals surface area contributed by atoms with Gasteiger partial charge in [-0.2, -0.15) is 13.2 Å². The normalized spacial score (nSPS) is 23.6. The average Bonchev–Trinajstić information content (AvgIpc) is 2.63. The molecule has 1 N–H and O–H groups in total. The maximum Gasteiger partial charge on any atom is 0.416 e. The topological polar surface area (TPSA) is 73.9 Å². The van der Waals surface area contributed by atoms with E-state index in [0.717, 1.165) is 17.7 Å². The number of hydrogen-bond acceptors (Lipinski definition) is 5. The van der Waals surface area contributed by atoms with Crippen LogP contribution in [-0.2, 0) is 31.6 Å². The van der Waals surface area contributed by atoms with Gasteiger partial charge < -0.3 is 19.5 Å². The molecule has 1 fully saturated rings. The summed E-state index contributed by atoms with van der Waals surface area (Å²) in [7, 11) is 0. The lowest BCUT2D eigenvalue weighted by molar-refractivity contribution is -0.151. The molecular weight excluding hydrogens is 403 g/mol. The van der Waals surface area contributed by atoms with Gasteiger partial charge in [0.25, 0.3) is 0 Å². The molecule has 2 unspecified atom stereocenters. The summed E-state index contributed by atoms with van der Waals surface area (Å²) in [6.45, 7) is 7.03. The molecule has 30 heavy (non-hydrogen) atoms. The van der Waals surface area contributed by atoms with Crippen LogP contribution in [0.4, 0.5) is 18.0 Å². The van der Waals surface area contributed by atoms with Crippen LogP contribution in [0.2, 0.25) is 0 Å². The van der Waals surface area contributed by atoms with E-state index in [4.69, 9.17) is 14.2 Å². The molecule has 0 saturated carbocycles. The van der Waals surface area contributed by atoms with Crippen LogP contribution in [0.1, 0.15) is 45.2 Å². The molecule has 168 valence electrons. The zero-order chi connectivity index (χ0) is 22.5. The Hall–Kier alpha value is -2.29. The van der Waals surface area contributed by atoms with E-state index >= 15 is 0 Å². The van der Waals surface area contributed by atoms with Gasteiger partial charge in [-0.25, -0.2) is 9.59 Å². The maximum absolute atomic E-state index is 12.7. The molecule has 2 rings (SSSR count). The van der Waals surface area contributed by atoms with E-state index in [1.54, 1.807) is 27.7 Å². The smallest absolute Gasteiger partial charge is 0.416 e. The highest BCUT2D eigenvalue weighted by Gasteiger charge is 2.31. The van der Waals surface area contributed by atoms with Crippen molar-refractivity contribution in [3.63, 3.8) is 0 Å². The number of carbonyl (C=O) groups is 2. The van der Waals surface area contributed by atoms with E-state index in [1.807, 2.05) is 0 Å². The van der Waals surface area contributed by atoms with Gasteiger partial charge in [-0.1, -0.05) is 12.1 Å². The highest BCUT2D eigenvalue weighted by atomic mass is 19.4. The summed E-state index contributed by atoms with van der Waals surface area (Å²) in [5.74, 6) is -0.687. The molecule has 6 nitrogen and oxygen atoms in total. The van der Waals surface area contributed by atoms with Gasteiger partial charge in [-0.3, -0.25) is 0 Å². The molecule has 0 aliphatic carbocycles. The van der Waals surface area contributed by atoms with Gasteiger partial charge >= 0.3 is 18.2 Å². The largest absolute Gasteiger partial charge is 0.461 e. The van der Waals surface area contributed by atoms with Crippen LogP contribution in [0, 0.1) is 5.92 Å². The van der Waals surface area contributed by atoms with Gasteiger partial charge in [0.15, 0.2) is 6.04 Å². The molecule has 1 saturated heterocycles. The molecule has 0 aromatic heterocycles. The van der Waals surface area contributed by atoms with E-state index in [2.05, 4.69) is 5.32 Å². The minimum atomic E-state index is -4.38. The molecule has 1 aliphatic heterocycles. The van der Waals surface area contributed by atoms with Crippen molar-refractivity contribution in [3.8, 4) is 0 Å². The summed E-state index contributed by atoms with van der Waals surface area (Å²) in [6, 6.07) is 3.98. The number of benzene rings is 1. The molecule has 1 heterocycles. The zero-order valence-corrected chi connectivity index (χ0v) is 17.5. The molecule has 0 spiro atoms. The fraction of sp³-hybridized carbons (Fsp3) is 0.619. The van der Waals surface area contributed by atoms with Gasteiger partial charge in [-0.15, -0.1) is 0 Å². The molecule has 0 bridgehead atoms. The average molecular weight is 431 g/mol. The van der Waals surface area contributed by atoms with Crippen molar-refractivity contribution >= 4 is 12.1 Å². The van der Waals surface area contributed by atoms with Crippen LogP contribution in [-0.4, -0.2) is 43.0 Å². The van der Waals surface area contributed by atoms with E-state index in [-0.39, 0.29) is 19.1 Å². The lowest BCUT2D eigenvalue weighted by Gasteiger charge is -2.23. The molecule has 1 aromatic carbocycles. The van der Waals surface area contributed by atoms with Gasteiger partial charge in [0.1, 0.15) is 5.60 Å². The summed E-state index contributed by atoms with van der Waals surface area (Å²) < 4.78 is 54.4. The number of carbonyl (C=O) groups excluding carboxylic acids is 2. The summed E-state index contributed by atoms with van der Waals surface area (Å²) in [5, 5.41) is 2.46. The third-order valence-electron chi connectivity index (χ3n) is 4.40.